The smallest absolute Gasteiger partial charge is 0.163 e. The number of hydrogen-bond acceptors (Lipinski definition) is 4. The van der Waals surface area contributed by atoms with Crippen LogP contribution in [0, 0.1) is 0 Å². The van der Waals surface area contributed by atoms with Crippen molar-refractivity contribution in [3.05, 3.63) is 18.0 Å². The Kier molecular flexibility index (Phi) is 4.73. The molecule has 2 aromatic rings. The van der Waals surface area contributed by atoms with E-state index in [-0.39, 0.29) is 6.04 Å². The molecule has 116 valence electrons. The van der Waals surface area contributed by atoms with Gasteiger partial charge in [0.1, 0.15) is 5.82 Å². The van der Waals surface area contributed by atoms with Gasteiger partial charge in [-0.05, 0) is 6.42 Å². The molecule has 1 aromatic heterocycles. The van der Waals surface area contributed by atoms with Crippen LogP contribution >= 0.6 is 0 Å². The van der Waals surface area contributed by atoms with E-state index in [9.17, 15) is 0 Å². The summed E-state index contributed by atoms with van der Waals surface area (Å²) in [5.41, 5.74) is 8.10. The summed E-state index contributed by atoms with van der Waals surface area (Å²) in [6.07, 6.45) is 0.935. The van der Waals surface area contributed by atoms with E-state index in [1.807, 2.05) is 12.1 Å². The SMILES string of the molecule is CCC(N)Cn1c(C(C)C)nc2cc(OC)c(OC)cc21. The number of fused-ring (bicyclic) bond motifs is 1. The zero-order chi connectivity index (χ0) is 15.6. The van der Waals surface area contributed by atoms with E-state index in [0.29, 0.717) is 17.4 Å². The minimum atomic E-state index is 0.119. The Morgan fingerprint density at radius 3 is 2.33 bits per heavy atom. The molecule has 5 heteroatoms. The van der Waals surface area contributed by atoms with Crippen molar-refractivity contribution in [2.75, 3.05) is 14.2 Å². The Labute approximate surface area is 126 Å². The van der Waals surface area contributed by atoms with Gasteiger partial charge >= 0.3 is 0 Å². The van der Waals surface area contributed by atoms with Gasteiger partial charge in [-0.15, -0.1) is 0 Å². The summed E-state index contributed by atoms with van der Waals surface area (Å²) in [4.78, 5) is 4.76. The Balaban J connectivity index is 2.64. The van der Waals surface area contributed by atoms with Crippen molar-refractivity contribution in [3.8, 4) is 11.5 Å². The molecular weight excluding hydrogens is 266 g/mol. The third-order valence-corrected chi connectivity index (χ3v) is 3.74. The molecule has 0 aliphatic rings. The maximum atomic E-state index is 6.15. The first-order valence-corrected chi connectivity index (χ1v) is 7.39. The lowest BCUT2D eigenvalue weighted by Crippen LogP contribution is -2.26. The lowest BCUT2D eigenvalue weighted by atomic mass is 10.2. The molecule has 21 heavy (non-hydrogen) atoms. The fourth-order valence-corrected chi connectivity index (χ4v) is 2.47. The van der Waals surface area contributed by atoms with Crippen LogP contribution in [0.2, 0.25) is 0 Å². The number of ether oxygens (including phenoxy) is 2. The number of nitrogens with zero attached hydrogens (tertiary/aromatic N) is 2. The largest absolute Gasteiger partial charge is 0.493 e. The molecule has 1 unspecified atom stereocenters. The Bertz CT molecular complexity index is 619. The summed E-state index contributed by atoms with van der Waals surface area (Å²) in [5.74, 6) is 2.79. The summed E-state index contributed by atoms with van der Waals surface area (Å²) in [6, 6.07) is 4.02. The summed E-state index contributed by atoms with van der Waals surface area (Å²) in [7, 11) is 3.28. The van der Waals surface area contributed by atoms with Gasteiger partial charge in [-0.1, -0.05) is 20.8 Å². The molecule has 2 N–H and O–H groups in total. The fraction of sp³-hybridized carbons (Fsp3) is 0.562. The van der Waals surface area contributed by atoms with Crippen LogP contribution in [0.3, 0.4) is 0 Å². The molecule has 0 saturated carbocycles. The van der Waals surface area contributed by atoms with Crippen LogP contribution in [0.4, 0.5) is 0 Å². The first-order chi connectivity index (χ1) is 10.0. The molecule has 0 bridgehead atoms. The number of benzene rings is 1. The number of hydrogen-bond donors (Lipinski definition) is 1. The standard InChI is InChI=1S/C16H25N3O2/c1-6-11(17)9-19-13-8-15(21-5)14(20-4)7-12(13)18-16(19)10(2)3/h7-8,10-11H,6,9,17H2,1-5H3. The average molecular weight is 291 g/mol. The zero-order valence-electron chi connectivity index (χ0n) is 13.5. The molecule has 0 saturated heterocycles. The molecule has 5 nitrogen and oxygen atoms in total. The second-order valence-corrected chi connectivity index (χ2v) is 5.60. The fourth-order valence-electron chi connectivity index (χ4n) is 2.47. The van der Waals surface area contributed by atoms with Crippen molar-refractivity contribution in [2.24, 2.45) is 5.73 Å². The summed E-state index contributed by atoms with van der Waals surface area (Å²) >= 11 is 0. The molecule has 0 radical (unpaired) electrons. The Morgan fingerprint density at radius 2 is 1.81 bits per heavy atom. The highest BCUT2D eigenvalue weighted by Crippen LogP contribution is 2.33. The second-order valence-electron chi connectivity index (χ2n) is 5.60. The Hall–Kier alpha value is -1.75. The van der Waals surface area contributed by atoms with Gasteiger partial charge in [0.05, 0.1) is 25.3 Å². The lowest BCUT2D eigenvalue weighted by molar-refractivity contribution is 0.355. The van der Waals surface area contributed by atoms with Crippen molar-refractivity contribution in [1.82, 2.24) is 9.55 Å². The highest BCUT2D eigenvalue weighted by molar-refractivity contribution is 5.80. The zero-order valence-corrected chi connectivity index (χ0v) is 13.5. The predicted octanol–water partition coefficient (Wildman–Crippen LogP) is 2.91. The Morgan fingerprint density at radius 1 is 1.19 bits per heavy atom. The molecule has 1 atom stereocenters. The molecule has 1 aromatic carbocycles. The highest BCUT2D eigenvalue weighted by atomic mass is 16.5. The van der Waals surface area contributed by atoms with Gasteiger partial charge in [0.25, 0.3) is 0 Å². The van der Waals surface area contributed by atoms with Crippen LogP contribution in [-0.4, -0.2) is 29.8 Å². The first kappa shape index (κ1) is 15.6. The number of rotatable bonds is 6. The van der Waals surface area contributed by atoms with Gasteiger partial charge in [0.15, 0.2) is 11.5 Å². The third kappa shape index (κ3) is 2.97. The van der Waals surface area contributed by atoms with Gasteiger partial charge < -0.3 is 19.8 Å². The van der Waals surface area contributed by atoms with E-state index in [2.05, 4.69) is 25.3 Å². The molecule has 1 heterocycles. The monoisotopic (exact) mass is 291 g/mol. The number of aromatic nitrogens is 2. The van der Waals surface area contributed by atoms with E-state index in [1.54, 1.807) is 14.2 Å². The topological polar surface area (TPSA) is 62.3 Å². The summed E-state index contributed by atoms with van der Waals surface area (Å²) in [5, 5.41) is 0. The van der Waals surface area contributed by atoms with Crippen LogP contribution in [0.25, 0.3) is 11.0 Å². The van der Waals surface area contributed by atoms with Crippen molar-refractivity contribution < 1.29 is 9.47 Å². The van der Waals surface area contributed by atoms with Crippen molar-refractivity contribution in [3.63, 3.8) is 0 Å². The molecule has 0 aliphatic heterocycles. The minimum absolute atomic E-state index is 0.119. The van der Waals surface area contributed by atoms with Crippen molar-refractivity contribution >= 4 is 11.0 Å². The highest BCUT2D eigenvalue weighted by Gasteiger charge is 2.18. The van der Waals surface area contributed by atoms with Gasteiger partial charge in [-0.2, -0.15) is 0 Å². The second kappa shape index (κ2) is 6.35. The number of methoxy groups -OCH3 is 2. The molecule has 0 aliphatic carbocycles. The molecule has 0 fully saturated rings. The van der Waals surface area contributed by atoms with E-state index in [1.165, 1.54) is 0 Å². The predicted molar refractivity (Wildman–Crippen MR) is 85.2 cm³/mol. The first-order valence-electron chi connectivity index (χ1n) is 7.39. The number of nitrogens with two attached hydrogens (primary N) is 1. The van der Waals surface area contributed by atoms with E-state index < -0.39 is 0 Å². The molecule has 2 rings (SSSR count). The van der Waals surface area contributed by atoms with E-state index in [0.717, 1.165) is 29.8 Å². The van der Waals surface area contributed by atoms with Gasteiger partial charge in [0, 0.05) is 30.6 Å². The lowest BCUT2D eigenvalue weighted by Gasteiger charge is -2.16. The van der Waals surface area contributed by atoms with E-state index in [4.69, 9.17) is 20.2 Å². The van der Waals surface area contributed by atoms with Crippen LogP contribution < -0.4 is 15.2 Å². The average Bonchev–Trinajstić information content (AvgIpc) is 2.83. The minimum Gasteiger partial charge on any atom is -0.493 e. The van der Waals surface area contributed by atoms with Crippen molar-refractivity contribution in [2.45, 2.75) is 45.7 Å². The van der Waals surface area contributed by atoms with Gasteiger partial charge in [-0.3, -0.25) is 0 Å². The molecular formula is C16H25N3O2. The van der Waals surface area contributed by atoms with Gasteiger partial charge in [-0.25, -0.2) is 4.98 Å². The van der Waals surface area contributed by atoms with Crippen molar-refractivity contribution in [1.29, 1.82) is 0 Å². The quantitative estimate of drug-likeness (QED) is 0.889. The normalized spacial score (nSPS) is 12.9. The molecule has 0 spiro atoms. The summed E-state index contributed by atoms with van der Waals surface area (Å²) in [6.45, 7) is 7.14. The van der Waals surface area contributed by atoms with Crippen LogP contribution in [0.15, 0.2) is 12.1 Å². The maximum Gasteiger partial charge on any atom is 0.163 e. The summed E-state index contributed by atoms with van der Waals surface area (Å²) < 4.78 is 13.0. The van der Waals surface area contributed by atoms with Crippen LogP contribution in [-0.2, 0) is 6.54 Å². The van der Waals surface area contributed by atoms with E-state index >= 15 is 0 Å². The number of imidazole rings is 1. The maximum absolute atomic E-state index is 6.15. The molecule has 0 amide bonds. The van der Waals surface area contributed by atoms with Crippen LogP contribution in [0.5, 0.6) is 11.5 Å². The third-order valence-electron chi connectivity index (χ3n) is 3.74. The van der Waals surface area contributed by atoms with Crippen LogP contribution in [0.1, 0.15) is 38.9 Å². The van der Waals surface area contributed by atoms with Gasteiger partial charge in [0.2, 0.25) is 0 Å².